The van der Waals surface area contributed by atoms with Crippen LogP contribution in [-0.4, -0.2) is 27.4 Å². The predicted octanol–water partition coefficient (Wildman–Crippen LogP) is 3.72. The van der Waals surface area contributed by atoms with Gasteiger partial charge in [-0.2, -0.15) is 0 Å². The quantitative estimate of drug-likeness (QED) is 0.544. The molecule has 4 heterocycles. The monoisotopic (exact) mass is 379 g/mol. The molecule has 4 aromatic rings. The lowest BCUT2D eigenvalue weighted by Gasteiger charge is -2.26. The minimum Gasteiger partial charge on any atom is -0.461 e. The topological polar surface area (TPSA) is 50.8 Å². The van der Waals surface area contributed by atoms with Crippen LogP contribution < -0.4 is 5.56 Å². The number of aryl methyl sites for hydroxylation is 2. The number of nitrogens with zero attached hydrogens (tertiary/aromatic N) is 3. The van der Waals surface area contributed by atoms with E-state index < -0.39 is 0 Å². The molecular weight excluding hydrogens is 358 g/mol. The lowest BCUT2D eigenvalue weighted by Crippen LogP contribution is -2.33. The summed E-state index contributed by atoms with van der Waals surface area (Å²) in [5.41, 5.74) is 5.00. The summed E-state index contributed by atoms with van der Waals surface area (Å²) in [5, 5.41) is 3.20. The second-order valence-electron chi connectivity index (χ2n) is 7.25. The molecule has 0 saturated heterocycles. The molecule has 0 N–H and O–H groups in total. The smallest absolute Gasteiger partial charge is 0.262 e. The second-order valence-corrected chi connectivity index (χ2v) is 8.09. The number of rotatable bonds is 3. The molecule has 0 aliphatic carbocycles. The van der Waals surface area contributed by atoms with E-state index in [1.165, 1.54) is 22.3 Å². The van der Waals surface area contributed by atoms with Crippen molar-refractivity contribution in [3.05, 3.63) is 68.3 Å². The van der Waals surface area contributed by atoms with Crippen molar-refractivity contribution in [1.82, 2.24) is 14.3 Å². The van der Waals surface area contributed by atoms with Crippen molar-refractivity contribution >= 4 is 27.3 Å². The molecule has 5 nitrogen and oxygen atoms in total. The van der Waals surface area contributed by atoms with E-state index in [0.29, 0.717) is 0 Å². The van der Waals surface area contributed by atoms with Gasteiger partial charge >= 0.3 is 0 Å². The Hall–Kier alpha value is -2.44. The standard InChI is InChI=1S/C21H21N3O2S/c1-13-12-27-21-22-14(2)15(20(25)24(13)21)7-9-23-10-8-19-17(11-23)16-5-3-4-6-18(16)26-19/h3-6,12H,7-11H2,1-2H3. The van der Waals surface area contributed by atoms with Gasteiger partial charge in [0.25, 0.3) is 5.56 Å². The van der Waals surface area contributed by atoms with Gasteiger partial charge in [-0.3, -0.25) is 14.1 Å². The fourth-order valence-electron chi connectivity index (χ4n) is 4.05. The van der Waals surface area contributed by atoms with Crippen molar-refractivity contribution in [1.29, 1.82) is 0 Å². The molecule has 0 atom stereocenters. The first-order valence-electron chi connectivity index (χ1n) is 9.30. The van der Waals surface area contributed by atoms with E-state index in [4.69, 9.17) is 4.42 Å². The van der Waals surface area contributed by atoms with Crippen LogP contribution in [0, 0.1) is 13.8 Å². The van der Waals surface area contributed by atoms with Gasteiger partial charge in [0.15, 0.2) is 4.96 Å². The Morgan fingerprint density at radius 3 is 3.00 bits per heavy atom. The van der Waals surface area contributed by atoms with Crippen LogP contribution in [0.25, 0.3) is 15.9 Å². The number of hydrogen-bond donors (Lipinski definition) is 0. The van der Waals surface area contributed by atoms with E-state index in [1.807, 2.05) is 31.4 Å². The van der Waals surface area contributed by atoms with Crippen molar-refractivity contribution in [2.45, 2.75) is 33.2 Å². The largest absolute Gasteiger partial charge is 0.461 e. The molecule has 0 saturated carbocycles. The van der Waals surface area contributed by atoms with E-state index in [0.717, 1.165) is 65.7 Å². The van der Waals surface area contributed by atoms with Crippen LogP contribution in [0.5, 0.6) is 0 Å². The summed E-state index contributed by atoms with van der Waals surface area (Å²) in [6, 6.07) is 8.24. The first kappa shape index (κ1) is 16.7. The minimum atomic E-state index is 0.0858. The molecule has 0 spiro atoms. The maximum atomic E-state index is 12.9. The molecule has 1 aromatic carbocycles. The molecule has 5 rings (SSSR count). The van der Waals surface area contributed by atoms with Crippen molar-refractivity contribution in [2.75, 3.05) is 13.1 Å². The Morgan fingerprint density at radius 2 is 2.11 bits per heavy atom. The summed E-state index contributed by atoms with van der Waals surface area (Å²) in [6.45, 7) is 6.59. The third-order valence-corrected chi connectivity index (χ3v) is 6.48. The predicted molar refractivity (Wildman–Crippen MR) is 108 cm³/mol. The van der Waals surface area contributed by atoms with Crippen molar-refractivity contribution in [3.8, 4) is 0 Å². The normalized spacial score (nSPS) is 14.9. The number of hydrogen-bond acceptors (Lipinski definition) is 5. The first-order chi connectivity index (χ1) is 13.1. The molecule has 27 heavy (non-hydrogen) atoms. The maximum Gasteiger partial charge on any atom is 0.262 e. The Morgan fingerprint density at radius 1 is 1.26 bits per heavy atom. The van der Waals surface area contributed by atoms with Gasteiger partial charge in [-0.15, -0.1) is 11.3 Å². The van der Waals surface area contributed by atoms with Crippen LogP contribution in [0.15, 0.2) is 38.9 Å². The van der Waals surface area contributed by atoms with Crippen molar-refractivity contribution in [2.24, 2.45) is 0 Å². The van der Waals surface area contributed by atoms with E-state index >= 15 is 0 Å². The summed E-state index contributed by atoms with van der Waals surface area (Å²) in [4.78, 5) is 20.8. The lowest BCUT2D eigenvalue weighted by atomic mass is 10.0. The third-order valence-electron chi connectivity index (χ3n) is 5.54. The van der Waals surface area contributed by atoms with Gasteiger partial charge in [-0.25, -0.2) is 4.98 Å². The SMILES string of the molecule is Cc1nc2scc(C)n2c(=O)c1CCN1CCc2oc3ccccc3c2C1. The maximum absolute atomic E-state index is 12.9. The second kappa shape index (κ2) is 6.32. The molecule has 1 aliphatic rings. The van der Waals surface area contributed by atoms with Gasteiger partial charge in [0, 0.05) is 59.3 Å². The van der Waals surface area contributed by atoms with E-state index in [2.05, 4.69) is 22.0 Å². The Kier molecular flexibility index (Phi) is 3.91. The number of thiazole rings is 1. The first-order valence-corrected chi connectivity index (χ1v) is 10.2. The molecule has 1 aliphatic heterocycles. The third kappa shape index (κ3) is 2.71. The minimum absolute atomic E-state index is 0.0858. The summed E-state index contributed by atoms with van der Waals surface area (Å²) >= 11 is 1.52. The van der Waals surface area contributed by atoms with Gasteiger partial charge < -0.3 is 4.42 Å². The van der Waals surface area contributed by atoms with E-state index in [1.54, 1.807) is 4.40 Å². The van der Waals surface area contributed by atoms with Gasteiger partial charge in [0.2, 0.25) is 0 Å². The number of fused-ring (bicyclic) bond motifs is 4. The molecular formula is C21H21N3O2S. The van der Waals surface area contributed by atoms with Crippen molar-refractivity contribution in [3.63, 3.8) is 0 Å². The molecule has 138 valence electrons. The molecule has 0 bridgehead atoms. The van der Waals surface area contributed by atoms with E-state index in [-0.39, 0.29) is 5.56 Å². The van der Waals surface area contributed by atoms with Crippen LogP contribution in [0.2, 0.25) is 0 Å². The van der Waals surface area contributed by atoms with Crippen LogP contribution in [-0.2, 0) is 19.4 Å². The highest BCUT2D eigenvalue weighted by Crippen LogP contribution is 2.30. The fourth-order valence-corrected chi connectivity index (χ4v) is 4.96. The van der Waals surface area contributed by atoms with Crippen LogP contribution in [0.4, 0.5) is 0 Å². The van der Waals surface area contributed by atoms with Crippen LogP contribution >= 0.6 is 11.3 Å². The van der Waals surface area contributed by atoms with Gasteiger partial charge in [0.05, 0.1) is 0 Å². The Bertz CT molecular complexity index is 1220. The molecule has 6 heteroatoms. The number of para-hydroxylation sites is 1. The molecule has 3 aromatic heterocycles. The van der Waals surface area contributed by atoms with Crippen LogP contribution in [0.3, 0.4) is 0 Å². The Balaban J connectivity index is 1.40. The zero-order valence-electron chi connectivity index (χ0n) is 15.5. The summed E-state index contributed by atoms with van der Waals surface area (Å²) in [5.74, 6) is 1.11. The van der Waals surface area contributed by atoms with E-state index in [9.17, 15) is 4.79 Å². The molecule has 0 fully saturated rings. The fraction of sp³-hybridized carbons (Fsp3) is 0.333. The zero-order chi connectivity index (χ0) is 18.5. The summed E-state index contributed by atoms with van der Waals surface area (Å²) < 4.78 is 7.74. The van der Waals surface area contributed by atoms with Crippen LogP contribution in [0.1, 0.15) is 28.3 Å². The Labute approximate surface area is 160 Å². The zero-order valence-corrected chi connectivity index (χ0v) is 16.3. The summed E-state index contributed by atoms with van der Waals surface area (Å²) in [6.07, 6.45) is 1.64. The average molecular weight is 379 g/mol. The summed E-state index contributed by atoms with van der Waals surface area (Å²) in [7, 11) is 0. The van der Waals surface area contributed by atoms with Gasteiger partial charge in [-0.1, -0.05) is 18.2 Å². The number of benzene rings is 1. The molecule has 0 unspecified atom stereocenters. The number of aromatic nitrogens is 2. The van der Waals surface area contributed by atoms with Crippen molar-refractivity contribution < 1.29 is 4.42 Å². The highest BCUT2D eigenvalue weighted by molar-refractivity contribution is 7.15. The molecule has 0 radical (unpaired) electrons. The highest BCUT2D eigenvalue weighted by atomic mass is 32.1. The van der Waals surface area contributed by atoms with Gasteiger partial charge in [0.1, 0.15) is 11.3 Å². The average Bonchev–Trinajstić information content (AvgIpc) is 3.21. The number of furan rings is 1. The lowest BCUT2D eigenvalue weighted by molar-refractivity contribution is 0.246. The van der Waals surface area contributed by atoms with Gasteiger partial charge in [-0.05, 0) is 26.3 Å². The highest BCUT2D eigenvalue weighted by Gasteiger charge is 2.23. The molecule has 0 amide bonds.